The lowest BCUT2D eigenvalue weighted by atomic mass is 10.0. The Bertz CT molecular complexity index is 1100. The maximum atomic E-state index is 12.8. The Hall–Kier alpha value is -2.11. The van der Waals surface area contributed by atoms with Crippen LogP contribution in [0.25, 0.3) is 0 Å². The number of ether oxygens (including phenoxy) is 3. The zero-order chi connectivity index (χ0) is 49.3. The number of hydrogen-bond acceptors (Lipinski definition) is 6. The minimum absolute atomic E-state index is 0.0695. The molecule has 0 amide bonds. The molecule has 0 aromatic heterocycles. The van der Waals surface area contributed by atoms with Gasteiger partial charge in [0.2, 0.25) is 0 Å². The molecule has 6 nitrogen and oxygen atoms in total. The van der Waals surface area contributed by atoms with Crippen LogP contribution in [0.1, 0.15) is 335 Å². The molecule has 0 aromatic rings. The number of allylic oxidation sites excluding steroid dienone is 4. The normalized spacial score (nSPS) is 12.1. The molecule has 1 unspecified atom stereocenters. The van der Waals surface area contributed by atoms with Gasteiger partial charge in [0, 0.05) is 19.3 Å². The van der Waals surface area contributed by atoms with Crippen molar-refractivity contribution in [3.63, 3.8) is 0 Å². The number of unbranched alkanes of at least 4 members (excludes halogenated alkanes) is 41. The molecule has 0 aliphatic heterocycles. The second-order valence-corrected chi connectivity index (χ2v) is 20.6. The Balaban J connectivity index is 3.99. The summed E-state index contributed by atoms with van der Waals surface area (Å²) in [5, 5.41) is 0. The summed E-state index contributed by atoms with van der Waals surface area (Å²) in [7, 11) is 0. The summed E-state index contributed by atoms with van der Waals surface area (Å²) in [6.07, 6.45) is 68.0. The van der Waals surface area contributed by atoms with Crippen LogP contribution in [0.2, 0.25) is 0 Å². The molecule has 0 saturated heterocycles. The fourth-order valence-corrected chi connectivity index (χ4v) is 9.08. The molecule has 0 N–H and O–H groups in total. The lowest BCUT2D eigenvalue weighted by Gasteiger charge is -2.18. The third-order valence-corrected chi connectivity index (χ3v) is 13.7. The van der Waals surface area contributed by atoms with Crippen LogP contribution in [0.3, 0.4) is 0 Å². The van der Waals surface area contributed by atoms with E-state index in [4.69, 9.17) is 14.2 Å². The molecule has 0 heterocycles. The van der Waals surface area contributed by atoms with Crippen molar-refractivity contribution in [3.05, 3.63) is 24.3 Å². The van der Waals surface area contributed by atoms with E-state index in [2.05, 4.69) is 45.1 Å². The molecular weight excluding hydrogens is 841 g/mol. The van der Waals surface area contributed by atoms with Crippen LogP contribution in [0, 0.1) is 0 Å². The van der Waals surface area contributed by atoms with E-state index in [1.54, 1.807) is 0 Å². The Morgan fingerprint density at radius 3 is 0.735 bits per heavy atom. The van der Waals surface area contributed by atoms with Crippen LogP contribution >= 0.6 is 0 Å². The van der Waals surface area contributed by atoms with E-state index in [-0.39, 0.29) is 31.1 Å². The van der Waals surface area contributed by atoms with Gasteiger partial charge in [-0.15, -0.1) is 0 Å². The molecule has 0 bridgehead atoms. The first kappa shape index (κ1) is 65.9. The minimum atomic E-state index is -0.767. The van der Waals surface area contributed by atoms with Crippen molar-refractivity contribution in [3.8, 4) is 0 Å². The van der Waals surface area contributed by atoms with Crippen molar-refractivity contribution in [2.24, 2.45) is 0 Å². The molecule has 6 heteroatoms. The summed E-state index contributed by atoms with van der Waals surface area (Å²) in [5.74, 6) is -0.870. The van der Waals surface area contributed by atoms with E-state index in [9.17, 15) is 14.4 Å². The average molecular weight is 958 g/mol. The molecule has 1 atom stereocenters. The van der Waals surface area contributed by atoms with Crippen LogP contribution in [-0.2, 0) is 28.6 Å². The van der Waals surface area contributed by atoms with Gasteiger partial charge in [-0.1, -0.05) is 270 Å². The summed E-state index contributed by atoms with van der Waals surface area (Å²) < 4.78 is 16.7. The quantitative estimate of drug-likeness (QED) is 0.0262. The van der Waals surface area contributed by atoms with Crippen molar-refractivity contribution < 1.29 is 28.6 Å². The standard InChI is InChI=1S/C62H116O6/c1-4-7-10-13-15-17-19-21-23-25-27-28-29-30-31-32-33-34-35-37-38-40-42-44-46-49-52-55-61(64)67-58-59(57-66-60(63)54-51-48-12-9-6-3)68-62(65)56-53-50-47-45-43-41-39-36-26-24-22-20-18-16-14-11-8-5-2/h24-27,59H,4-23,28-58H2,1-3H3/b26-24-,27-25-. The van der Waals surface area contributed by atoms with Crippen LogP contribution in [0.5, 0.6) is 0 Å². The Morgan fingerprint density at radius 2 is 0.485 bits per heavy atom. The molecule has 68 heavy (non-hydrogen) atoms. The number of carbonyl (C=O) groups is 3. The second kappa shape index (κ2) is 57.5. The summed E-state index contributed by atoms with van der Waals surface area (Å²) in [6.45, 7) is 6.60. The van der Waals surface area contributed by atoms with Gasteiger partial charge in [0.1, 0.15) is 13.2 Å². The zero-order valence-corrected chi connectivity index (χ0v) is 45.9. The number of esters is 3. The number of rotatable bonds is 56. The van der Waals surface area contributed by atoms with E-state index in [0.29, 0.717) is 19.3 Å². The molecule has 0 rings (SSSR count). The Morgan fingerprint density at radius 1 is 0.279 bits per heavy atom. The molecule has 0 saturated carbocycles. The van der Waals surface area contributed by atoms with Gasteiger partial charge < -0.3 is 14.2 Å². The highest BCUT2D eigenvalue weighted by Crippen LogP contribution is 2.17. The van der Waals surface area contributed by atoms with Crippen LogP contribution < -0.4 is 0 Å². The highest BCUT2D eigenvalue weighted by atomic mass is 16.6. The van der Waals surface area contributed by atoms with Crippen LogP contribution in [0.15, 0.2) is 24.3 Å². The fourth-order valence-electron chi connectivity index (χ4n) is 9.08. The summed E-state index contributed by atoms with van der Waals surface area (Å²) in [4.78, 5) is 37.8. The summed E-state index contributed by atoms with van der Waals surface area (Å²) in [5.41, 5.74) is 0. The van der Waals surface area contributed by atoms with Crippen LogP contribution in [0.4, 0.5) is 0 Å². The topological polar surface area (TPSA) is 78.9 Å². The monoisotopic (exact) mass is 957 g/mol. The summed E-state index contributed by atoms with van der Waals surface area (Å²) in [6, 6.07) is 0. The highest BCUT2D eigenvalue weighted by molar-refractivity contribution is 5.71. The predicted octanol–water partition coefficient (Wildman–Crippen LogP) is 20.3. The van der Waals surface area contributed by atoms with Gasteiger partial charge in [0.15, 0.2) is 6.10 Å². The molecule has 0 aromatic carbocycles. The third kappa shape index (κ3) is 54.8. The molecule has 0 spiro atoms. The summed E-state index contributed by atoms with van der Waals surface area (Å²) >= 11 is 0. The first-order valence-corrected chi connectivity index (χ1v) is 30.3. The van der Waals surface area contributed by atoms with Crippen molar-refractivity contribution in [2.75, 3.05) is 13.2 Å². The maximum Gasteiger partial charge on any atom is 0.306 e. The fraction of sp³-hybridized carbons (Fsp3) is 0.887. The number of carbonyl (C=O) groups excluding carboxylic acids is 3. The lowest BCUT2D eigenvalue weighted by Crippen LogP contribution is -2.30. The van der Waals surface area contributed by atoms with Gasteiger partial charge >= 0.3 is 17.9 Å². The average Bonchev–Trinajstić information content (AvgIpc) is 3.34. The first-order valence-electron chi connectivity index (χ1n) is 30.3. The largest absolute Gasteiger partial charge is 0.462 e. The molecule has 400 valence electrons. The molecule has 0 fully saturated rings. The van der Waals surface area contributed by atoms with E-state index >= 15 is 0 Å². The van der Waals surface area contributed by atoms with Crippen molar-refractivity contribution in [1.82, 2.24) is 0 Å². The molecule has 0 radical (unpaired) electrons. The zero-order valence-electron chi connectivity index (χ0n) is 45.9. The van der Waals surface area contributed by atoms with Gasteiger partial charge in [-0.05, 0) is 70.6 Å². The predicted molar refractivity (Wildman–Crippen MR) is 293 cm³/mol. The first-order chi connectivity index (χ1) is 33.5. The molecule has 0 aliphatic carbocycles. The molecule has 0 aliphatic rings. The van der Waals surface area contributed by atoms with Gasteiger partial charge in [0.25, 0.3) is 0 Å². The maximum absolute atomic E-state index is 12.8. The van der Waals surface area contributed by atoms with Crippen LogP contribution in [-0.4, -0.2) is 37.2 Å². The van der Waals surface area contributed by atoms with Gasteiger partial charge in [-0.25, -0.2) is 0 Å². The van der Waals surface area contributed by atoms with Gasteiger partial charge in [0.05, 0.1) is 0 Å². The van der Waals surface area contributed by atoms with E-state index in [0.717, 1.165) is 64.2 Å². The minimum Gasteiger partial charge on any atom is -0.462 e. The van der Waals surface area contributed by atoms with Gasteiger partial charge in [-0.3, -0.25) is 14.4 Å². The third-order valence-electron chi connectivity index (χ3n) is 13.7. The Labute approximate surface area is 423 Å². The van der Waals surface area contributed by atoms with Crippen molar-refractivity contribution in [1.29, 1.82) is 0 Å². The van der Waals surface area contributed by atoms with E-state index < -0.39 is 6.10 Å². The number of hydrogen-bond donors (Lipinski definition) is 0. The van der Waals surface area contributed by atoms with E-state index in [1.165, 1.54) is 231 Å². The SMILES string of the molecule is CCCCCCCCC/C=C\CCCCCCCCCC(=O)OC(COC(=O)CCCCCCC)COC(=O)CCCCCCCCCCCCCCCCC/C=C\CCCCCCCCCC. The molecular formula is C62H116O6. The van der Waals surface area contributed by atoms with E-state index in [1.807, 2.05) is 0 Å². The lowest BCUT2D eigenvalue weighted by molar-refractivity contribution is -0.167. The smallest absolute Gasteiger partial charge is 0.306 e. The second-order valence-electron chi connectivity index (χ2n) is 20.6. The Kier molecular flexibility index (Phi) is 55.7. The van der Waals surface area contributed by atoms with Gasteiger partial charge in [-0.2, -0.15) is 0 Å². The van der Waals surface area contributed by atoms with Crippen molar-refractivity contribution in [2.45, 2.75) is 341 Å². The highest BCUT2D eigenvalue weighted by Gasteiger charge is 2.19. The van der Waals surface area contributed by atoms with Crippen molar-refractivity contribution >= 4 is 17.9 Å².